The molecule has 44 heavy (non-hydrogen) atoms. The number of nitrogens with zero attached hydrogens (tertiary/aromatic N) is 4. The van der Waals surface area contributed by atoms with Gasteiger partial charge in [0.2, 0.25) is 0 Å². The molecule has 0 saturated heterocycles. The topological polar surface area (TPSA) is 51.6 Å². The van der Waals surface area contributed by atoms with Crippen LogP contribution in [0.4, 0.5) is 0 Å². The average Bonchev–Trinajstić information content (AvgIpc) is 3.10. The summed E-state index contributed by atoms with van der Waals surface area (Å²) in [7, 11) is 0. The van der Waals surface area contributed by atoms with Gasteiger partial charge < -0.3 is 0 Å². The zero-order valence-corrected chi connectivity index (χ0v) is 23.6. The Labute approximate surface area is 253 Å². The van der Waals surface area contributed by atoms with E-state index in [1.807, 2.05) is 36.5 Å². The van der Waals surface area contributed by atoms with Crippen molar-refractivity contribution in [2.45, 2.75) is 0 Å². The minimum atomic E-state index is 0.847. The predicted octanol–water partition coefficient (Wildman–Crippen LogP) is 10.0. The van der Waals surface area contributed by atoms with Gasteiger partial charge in [-0.15, -0.1) is 0 Å². The number of aromatic nitrogens is 4. The van der Waals surface area contributed by atoms with Crippen LogP contribution in [0.15, 0.2) is 146 Å². The molecule has 9 aromatic rings. The van der Waals surface area contributed by atoms with Crippen molar-refractivity contribution in [3.05, 3.63) is 146 Å². The molecule has 4 aromatic heterocycles. The molecule has 0 unspecified atom stereocenters. The van der Waals surface area contributed by atoms with Crippen LogP contribution in [0.25, 0.3) is 88.2 Å². The van der Waals surface area contributed by atoms with E-state index in [1.165, 1.54) is 10.8 Å². The van der Waals surface area contributed by atoms with Crippen LogP contribution in [0.1, 0.15) is 0 Å². The van der Waals surface area contributed by atoms with Crippen molar-refractivity contribution in [1.29, 1.82) is 0 Å². The zero-order valence-electron chi connectivity index (χ0n) is 23.6. The highest BCUT2D eigenvalue weighted by molar-refractivity contribution is 6.12. The van der Waals surface area contributed by atoms with Crippen LogP contribution >= 0.6 is 0 Å². The molecular formula is C40H24N4. The van der Waals surface area contributed by atoms with Crippen molar-refractivity contribution in [3.63, 3.8) is 0 Å². The summed E-state index contributed by atoms with van der Waals surface area (Å²) >= 11 is 0. The smallest absolute Gasteiger partial charge is 0.0979 e. The molecule has 0 atom stereocenters. The first-order valence-electron chi connectivity index (χ1n) is 14.7. The van der Waals surface area contributed by atoms with E-state index in [2.05, 4.69) is 109 Å². The molecule has 4 nitrogen and oxygen atoms in total. The Kier molecular flexibility index (Phi) is 5.47. The van der Waals surface area contributed by atoms with Gasteiger partial charge in [0.25, 0.3) is 0 Å². The van der Waals surface area contributed by atoms with Crippen LogP contribution in [-0.2, 0) is 0 Å². The van der Waals surface area contributed by atoms with Gasteiger partial charge in [0.1, 0.15) is 0 Å². The third kappa shape index (κ3) is 4.00. The van der Waals surface area contributed by atoms with Crippen molar-refractivity contribution < 1.29 is 0 Å². The lowest BCUT2D eigenvalue weighted by Crippen LogP contribution is -1.95. The summed E-state index contributed by atoms with van der Waals surface area (Å²) in [5.41, 5.74) is 9.45. The first kappa shape index (κ1) is 24.6. The Morgan fingerprint density at radius 2 is 0.955 bits per heavy atom. The maximum Gasteiger partial charge on any atom is 0.0979 e. The fourth-order valence-electron chi connectivity index (χ4n) is 6.27. The molecule has 9 rings (SSSR count). The molecule has 5 aromatic carbocycles. The van der Waals surface area contributed by atoms with E-state index in [0.717, 1.165) is 77.4 Å². The minimum absolute atomic E-state index is 0.847. The molecule has 0 radical (unpaired) electrons. The lowest BCUT2D eigenvalue weighted by atomic mass is 9.96. The number of benzene rings is 5. The molecule has 0 saturated carbocycles. The summed E-state index contributed by atoms with van der Waals surface area (Å²) in [6, 6.07) is 48.4. The number of pyridine rings is 4. The summed E-state index contributed by atoms with van der Waals surface area (Å²) < 4.78 is 0. The molecular weight excluding hydrogens is 536 g/mol. The third-order valence-corrected chi connectivity index (χ3v) is 8.48. The monoisotopic (exact) mass is 560 g/mol. The number of fused-ring (bicyclic) bond motifs is 6. The van der Waals surface area contributed by atoms with Gasteiger partial charge in [-0.1, -0.05) is 97.1 Å². The number of hydrogen-bond acceptors (Lipinski definition) is 4. The highest BCUT2D eigenvalue weighted by atomic mass is 14.8. The van der Waals surface area contributed by atoms with Crippen LogP contribution in [0, 0.1) is 0 Å². The van der Waals surface area contributed by atoms with Crippen LogP contribution in [0.3, 0.4) is 0 Å². The van der Waals surface area contributed by atoms with Crippen LogP contribution in [-0.4, -0.2) is 19.9 Å². The Morgan fingerprint density at radius 1 is 0.364 bits per heavy atom. The summed E-state index contributed by atoms with van der Waals surface area (Å²) in [4.78, 5) is 20.3. The molecule has 0 spiro atoms. The molecule has 4 heterocycles. The zero-order chi connectivity index (χ0) is 29.0. The molecule has 0 fully saturated rings. The average molecular weight is 561 g/mol. The SMILES string of the molecule is c1ccc2cc(-c3cc(-c4ccc5ccccc5n4)c4ccc5c(-c6ccc7ccccc7n6)ccnc5c4n3)ccc2c1. The Bertz CT molecular complexity index is 2570. The lowest BCUT2D eigenvalue weighted by Gasteiger charge is -2.14. The van der Waals surface area contributed by atoms with Gasteiger partial charge in [0, 0.05) is 44.4 Å². The van der Waals surface area contributed by atoms with Gasteiger partial charge in [0.15, 0.2) is 0 Å². The van der Waals surface area contributed by atoms with E-state index >= 15 is 0 Å². The molecule has 0 aliphatic heterocycles. The number of para-hydroxylation sites is 2. The number of rotatable bonds is 3. The van der Waals surface area contributed by atoms with Crippen LogP contribution in [0.5, 0.6) is 0 Å². The van der Waals surface area contributed by atoms with Gasteiger partial charge in [-0.25, -0.2) is 15.0 Å². The van der Waals surface area contributed by atoms with E-state index < -0.39 is 0 Å². The minimum Gasteiger partial charge on any atom is -0.254 e. The van der Waals surface area contributed by atoms with Gasteiger partial charge in [-0.2, -0.15) is 0 Å². The van der Waals surface area contributed by atoms with Gasteiger partial charge >= 0.3 is 0 Å². The maximum atomic E-state index is 5.30. The molecule has 0 bridgehead atoms. The van der Waals surface area contributed by atoms with E-state index in [9.17, 15) is 0 Å². The summed E-state index contributed by atoms with van der Waals surface area (Å²) in [6.45, 7) is 0. The van der Waals surface area contributed by atoms with Crippen molar-refractivity contribution >= 4 is 54.4 Å². The fraction of sp³-hybridized carbons (Fsp3) is 0. The van der Waals surface area contributed by atoms with Gasteiger partial charge in [-0.05, 0) is 53.2 Å². The number of hydrogen-bond donors (Lipinski definition) is 0. The van der Waals surface area contributed by atoms with Crippen molar-refractivity contribution in [2.75, 3.05) is 0 Å². The van der Waals surface area contributed by atoms with Crippen LogP contribution in [0.2, 0.25) is 0 Å². The van der Waals surface area contributed by atoms with Crippen molar-refractivity contribution in [2.24, 2.45) is 0 Å². The fourth-order valence-corrected chi connectivity index (χ4v) is 6.27. The van der Waals surface area contributed by atoms with Crippen LogP contribution < -0.4 is 0 Å². The van der Waals surface area contributed by atoms with Crippen molar-refractivity contribution in [1.82, 2.24) is 19.9 Å². The maximum absolute atomic E-state index is 5.30. The molecule has 0 aliphatic carbocycles. The van der Waals surface area contributed by atoms with E-state index in [0.29, 0.717) is 0 Å². The summed E-state index contributed by atoms with van der Waals surface area (Å²) in [5.74, 6) is 0. The summed E-state index contributed by atoms with van der Waals surface area (Å²) in [6.07, 6.45) is 1.87. The predicted molar refractivity (Wildman–Crippen MR) is 181 cm³/mol. The summed E-state index contributed by atoms with van der Waals surface area (Å²) in [5, 5.41) is 6.65. The lowest BCUT2D eigenvalue weighted by molar-refractivity contribution is 1.35. The van der Waals surface area contributed by atoms with E-state index in [-0.39, 0.29) is 0 Å². The molecule has 204 valence electrons. The van der Waals surface area contributed by atoms with Gasteiger partial charge in [-0.3, -0.25) is 4.98 Å². The highest BCUT2D eigenvalue weighted by Gasteiger charge is 2.17. The standard InChI is InChI=1S/C40H24N4/c1-2-10-28-23-29(14-13-25(28)7-1)38-24-33(37-20-16-27-9-4-6-12-35(27)43-37)32-18-17-31-30(21-22-41-39(31)40(32)44-38)36-19-15-26-8-3-5-11-34(26)42-36/h1-24H. The Balaban J connectivity index is 1.33. The quantitative estimate of drug-likeness (QED) is 0.202. The Hall–Kier alpha value is -6.00. The normalized spacial score (nSPS) is 11.6. The first-order chi connectivity index (χ1) is 21.8. The van der Waals surface area contributed by atoms with E-state index in [4.69, 9.17) is 19.9 Å². The Morgan fingerprint density at radius 3 is 1.68 bits per heavy atom. The first-order valence-corrected chi connectivity index (χ1v) is 14.7. The van der Waals surface area contributed by atoms with E-state index in [1.54, 1.807) is 0 Å². The molecule has 0 aliphatic rings. The van der Waals surface area contributed by atoms with Gasteiger partial charge in [0.05, 0.1) is 39.1 Å². The molecule has 4 heteroatoms. The molecule has 0 N–H and O–H groups in total. The molecule has 0 amide bonds. The van der Waals surface area contributed by atoms with Crippen molar-refractivity contribution in [3.8, 4) is 33.8 Å². The second-order valence-corrected chi connectivity index (χ2v) is 11.1. The largest absolute Gasteiger partial charge is 0.254 e. The second kappa shape index (κ2) is 9.79. The highest BCUT2D eigenvalue weighted by Crippen LogP contribution is 2.38. The third-order valence-electron chi connectivity index (χ3n) is 8.48. The second-order valence-electron chi connectivity index (χ2n) is 11.1.